The molecule has 4 rings (SSSR count). The molecule has 0 unspecified atom stereocenters. The van der Waals surface area contributed by atoms with Gasteiger partial charge in [-0.15, -0.1) is 0 Å². The van der Waals surface area contributed by atoms with Crippen LogP contribution in [0.2, 0.25) is 5.02 Å². The maximum Gasteiger partial charge on any atom is 0.240 e. The highest BCUT2D eigenvalue weighted by Gasteiger charge is 2.14. The molecule has 0 aliphatic rings. The summed E-state index contributed by atoms with van der Waals surface area (Å²) in [7, 11) is -1.70. The van der Waals surface area contributed by atoms with E-state index in [1.165, 1.54) is 24.3 Å². The molecule has 8 nitrogen and oxygen atoms in total. The number of fused-ring (bicyclic) bond motifs is 1. The first-order chi connectivity index (χ1) is 15.9. The summed E-state index contributed by atoms with van der Waals surface area (Å²) in [6.07, 6.45) is 2.29. The van der Waals surface area contributed by atoms with E-state index in [1.807, 2.05) is 44.2 Å². The number of nitrogens with zero attached hydrogens (tertiary/aromatic N) is 4. The van der Waals surface area contributed by atoms with E-state index in [0.29, 0.717) is 23.6 Å². The third-order valence-corrected chi connectivity index (χ3v) is 6.85. The van der Waals surface area contributed by atoms with Crippen molar-refractivity contribution in [2.24, 2.45) is 0 Å². The van der Waals surface area contributed by atoms with Crippen LogP contribution in [0.1, 0.15) is 12.0 Å². The number of nitrogens with one attached hydrogen (secondary N) is 2. The second-order valence-corrected chi connectivity index (χ2v) is 9.56. The molecule has 0 saturated heterocycles. The molecule has 0 spiro atoms. The number of rotatable bonds is 8. The van der Waals surface area contributed by atoms with Crippen LogP contribution in [0, 0.1) is 11.3 Å². The number of benzene rings is 2. The number of nitriles is 1. The first-order valence-electron chi connectivity index (χ1n) is 10.2. The molecule has 2 aromatic carbocycles. The molecule has 0 amide bonds. The van der Waals surface area contributed by atoms with Crippen LogP contribution in [-0.2, 0) is 10.0 Å². The van der Waals surface area contributed by atoms with Gasteiger partial charge in [-0.25, -0.2) is 18.1 Å². The van der Waals surface area contributed by atoms with E-state index < -0.39 is 10.0 Å². The van der Waals surface area contributed by atoms with Gasteiger partial charge in [0.25, 0.3) is 0 Å². The highest BCUT2D eigenvalue weighted by molar-refractivity contribution is 7.89. The Kier molecular flexibility index (Phi) is 6.65. The van der Waals surface area contributed by atoms with E-state index in [1.54, 1.807) is 10.7 Å². The molecule has 0 atom stereocenters. The van der Waals surface area contributed by atoms with Gasteiger partial charge in [-0.2, -0.15) is 14.9 Å². The predicted molar refractivity (Wildman–Crippen MR) is 131 cm³/mol. The van der Waals surface area contributed by atoms with E-state index >= 15 is 0 Å². The highest BCUT2D eigenvalue weighted by atomic mass is 35.5. The molecular formula is C22H20BClN6O2S. The monoisotopic (exact) mass is 478 g/mol. The van der Waals surface area contributed by atoms with Gasteiger partial charge in [0.15, 0.2) is 5.65 Å². The summed E-state index contributed by atoms with van der Waals surface area (Å²) >= 11 is 6.37. The van der Waals surface area contributed by atoms with E-state index in [2.05, 4.69) is 15.1 Å². The second kappa shape index (κ2) is 9.62. The van der Waals surface area contributed by atoms with Crippen molar-refractivity contribution in [1.29, 1.82) is 5.26 Å². The van der Waals surface area contributed by atoms with Gasteiger partial charge >= 0.3 is 0 Å². The fraction of sp³-hybridized carbons (Fsp3) is 0.136. The lowest BCUT2D eigenvalue weighted by atomic mass is 10.0. The minimum Gasteiger partial charge on any atom is -0.370 e. The van der Waals surface area contributed by atoms with Crippen LogP contribution in [0.4, 0.5) is 5.82 Å². The summed E-state index contributed by atoms with van der Waals surface area (Å²) < 4.78 is 29.2. The minimum atomic E-state index is -3.64. The van der Waals surface area contributed by atoms with Crippen LogP contribution in [-0.4, -0.2) is 44.0 Å². The number of sulfonamides is 1. The Hall–Kier alpha value is -3.39. The van der Waals surface area contributed by atoms with E-state index in [4.69, 9.17) is 21.8 Å². The van der Waals surface area contributed by atoms with E-state index in [0.717, 1.165) is 28.2 Å². The zero-order chi connectivity index (χ0) is 23.4. The Morgan fingerprint density at radius 3 is 2.61 bits per heavy atom. The molecule has 0 aliphatic carbocycles. The number of anilines is 1. The van der Waals surface area contributed by atoms with Gasteiger partial charge in [-0.1, -0.05) is 29.8 Å². The first kappa shape index (κ1) is 22.8. The van der Waals surface area contributed by atoms with Crippen molar-refractivity contribution in [3.8, 4) is 17.3 Å². The number of hydrogen-bond donors (Lipinski definition) is 2. The van der Waals surface area contributed by atoms with Crippen molar-refractivity contribution in [3.05, 3.63) is 71.4 Å². The summed E-state index contributed by atoms with van der Waals surface area (Å²) in [5.74, 6) is 0.734. The number of halogens is 1. The van der Waals surface area contributed by atoms with Gasteiger partial charge in [0.1, 0.15) is 13.7 Å². The summed E-state index contributed by atoms with van der Waals surface area (Å²) in [6.45, 7) is 0.759. The lowest BCUT2D eigenvalue weighted by Crippen LogP contribution is -2.26. The lowest BCUT2D eigenvalue weighted by Gasteiger charge is -2.12. The lowest BCUT2D eigenvalue weighted by molar-refractivity contribution is 0.580. The Morgan fingerprint density at radius 1 is 1.12 bits per heavy atom. The van der Waals surface area contributed by atoms with Crippen LogP contribution < -0.4 is 15.5 Å². The Balaban J connectivity index is 1.44. The van der Waals surface area contributed by atoms with Gasteiger partial charge in [0.05, 0.1) is 22.2 Å². The zero-order valence-corrected chi connectivity index (χ0v) is 19.4. The van der Waals surface area contributed by atoms with Gasteiger partial charge in [-0.3, -0.25) is 0 Å². The molecule has 11 heteroatoms. The molecule has 0 radical (unpaired) electrons. The maximum atomic E-state index is 12.4. The zero-order valence-electron chi connectivity index (χ0n) is 17.8. The quantitative estimate of drug-likeness (QED) is 0.296. The molecule has 0 fully saturated rings. The van der Waals surface area contributed by atoms with Crippen molar-refractivity contribution in [1.82, 2.24) is 19.3 Å². The van der Waals surface area contributed by atoms with E-state index in [-0.39, 0.29) is 11.4 Å². The molecule has 4 aromatic rings. The van der Waals surface area contributed by atoms with Gasteiger partial charge in [-0.05, 0) is 42.2 Å². The summed E-state index contributed by atoms with van der Waals surface area (Å²) in [6, 6.07) is 17.1. The summed E-state index contributed by atoms with van der Waals surface area (Å²) in [4.78, 5) is 4.84. The SMILES string of the molecule is Bc1cnn2c(NCCCNS(=O)(=O)c3ccc(C#N)cc3)cc(-c3ccccc3Cl)nc12. The molecule has 0 bridgehead atoms. The van der Waals surface area contributed by atoms with Crippen molar-refractivity contribution in [3.63, 3.8) is 0 Å². The topological polar surface area (TPSA) is 112 Å². The summed E-state index contributed by atoms with van der Waals surface area (Å²) in [5, 5.41) is 17.2. The Labute approximate surface area is 197 Å². The van der Waals surface area contributed by atoms with Gasteiger partial charge in [0.2, 0.25) is 10.0 Å². The predicted octanol–water partition coefficient (Wildman–Crippen LogP) is 1.96. The Morgan fingerprint density at radius 2 is 1.88 bits per heavy atom. The maximum absolute atomic E-state index is 12.4. The van der Waals surface area contributed by atoms with Crippen molar-refractivity contribution in [2.75, 3.05) is 18.4 Å². The standard InChI is InChI=1S/C22H20BClN6O2S/c23-18-14-27-30-21(12-20(29-22(18)30)17-4-1-2-5-19(17)24)26-10-3-11-28-33(31,32)16-8-6-15(13-25)7-9-16/h1-2,4-9,12,14,26,28H,3,10-11,23H2. The van der Waals surface area contributed by atoms with Gasteiger partial charge < -0.3 is 5.32 Å². The molecular weight excluding hydrogens is 459 g/mol. The van der Waals surface area contributed by atoms with Crippen LogP contribution in [0.15, 0.2) is 65.7 Å². The van der Waals surface area contributed by atoms with E-state index in [9.17, 15) is 8.42 Å². The fourth-order valence-corrected chi connectivity index (χ4v) is 4.62. The third kappa shape index (κ3) is 5.01. The molecule has 0 saturated carbocycles. The Bertz CT molecular complexity index is 1450. The van der Waals surface area contributed by atoms with Crippen LogP contribution >= 0.6 is 11.6 Å². The summed E-state index contributed by atoms with van der Waals surface area (Å²) in [5.41, 5.74) is 3.60. The number of hydrogen-bond acceptors (Lipinski definition) is 6. The minimum absolute atomic E-state index is 0.127. The van der Waals surface area contributed by atoms with Crippen LogP contribution in [0.25, 0.3) is 16.9 Å². The van der Waals surface area contributed by atoms with Crippen molar-refractivity contribution >= 4 is 46.4 Å². The molecule has 33 heavy (non-hydrogen) atoms. The van der Waals surface area contributed by atoms with Crippen molar-refractivity contribution in [2.45, 2.75) is 11.3 Å². The fourth-order valence-electron chi connectivity index (χ4n) is 3.31. The number of aromatic nitrogens is 3. The second-order valence-electron chi connectivity index (χ2n) is 7.38. The average molecular weight is 479 g/mol. The third-order valence-electron chi connectivity index (χ3n) is 5.04. The normalized spacial score (nSPS) is 11.4. The first-order valence-corrected chi connectivity index (χ1v) is 12.1. The van der Waals surface area contributed by atoms with Crippen molar-refractivity contribution < 1.29 is 8.42 Å². The highest BCUT2D eigenvalue weighted by Crippen LogP contribution is 2.28. The molecule has 2 aromatic heterocycles. The molecule has 0 aliphatic heterocycles. The smallest absolute Gasteiger partial charge is 0.240 e. The van der Waals surface area contributed by atoms with Crippen LogP contribution in [0.5, 0.6) is 0 Å². The van der Waals surface area contributed by atoms with Crippen LogP contribution in [0.3, 0.4) is 0 Å². The van der Waals surface area contributed by atoms with Gasteiger partial charge in [0, 0.05) is 35.9 Å². The molecule has 2 heterocycles. The molecule has 166 valence electrons. The average Bonchev–Trinajstić information content (AvgIpc) is 3.20. The largest absolute Gasteiger partial charge is 0.370 e. The molecule has 2 N–H and O–H groups in total.